The molecule has 1 unspecified atom stereocenters. The zero-order chi connectivity index (χ0) is 15.2. The third kappa shape index (κ3) is 4.85. The van der Waals surface area contributed by atoms with E-state index in [4.69, 9.17) is 0 Å². The molecule has 2 rings (SSSR count). The van der Waals surface area contributed by atoms with Crippen molar-refractivity contribution in [1.82, 2.24) is 10.2 Å². The van der Waals surface area contributed by atoms with Crippen molar-refractivity contribution in [2.75, 3.05) is 19.6 Å². The summed E-state index contributed by atoms with van der Waals surface area (Å²) in [4.78, 5) is 14.6. The molecule has 3 heteroatoms. The van der Waals surface area contributed by atoms with Gasteiger partial charge in [-0.15, -0.1) is 0 Å². The smallest absolute Gasteiger partial charge is 0.227 e. The van der Waals surface area contributed by atoms with E-state index in [2.05, 4.69) is 43.1 Å². The molecule has 1 N–H and O–H groups in total. The average Bonchev–Trinajstić information content (AvgIpc) is 2.48. The molecule has 21 heavy (non-hydrogen) atoms. The first kappa shape index (κ1) is 16.0. The quantitative estimate of drug-likeness (QED) is 0.903. The molecule has 1 aliphatic heterocycles. The van der Waals surface area contributed by atoms with Crippen LogP contribution in [0.25, 0.3) is 0 Å². The summed E-state index contributed by atoms with van der Waals surface area (Å²) in [5.41, 5.74) is 2.37. The van der Waals surface area contributed by atoms with E-state index in [1.165, 1.54) is 12.0 Å². The molecule has 1 amide bonds. The van der Waals surface area contributed by atoms with E-state index in [9.17, 15) is 4.79 Å². The lowest BCUT2D eigenvalue weighted by atomic mass is 9.96. The first-order valence-electron chi connectivity index (χ1n) is 8.12. The molecule has 1 heterocycles. The number of nitrogens with zero attached hydrogens (tertiary/aromatic N) is 1. The number of likely N-dealkylation sites (tertiary alicyclic amines) is 1. The van der Waals surface area contributed by atoms with Gasteiger partial charge in [-0.1, -0.05) is 38.1 Å². The van der Waals surface area contributed by atoms with Crippen molar-refractivity contribution >= 4 is 5.91 Å². The number of benzene rings is 1. The number of carbonyl (C=O) groups excluding carboxylic acids is 1. The molecule has 1 aromatic carbocycles. The standard InChI is InChI=1S/C18H28N2O/c1-14(2)19-12-16-8-6-10-20(13-16)18(21)11-17-9-5-4-7-15(17)3/h4-5,7,9,14,16,19H,6,8,10-13H2,1-3H3. The molecular formula is C18H28N2O. The Labute approximate surface area is 128 Å². The Bertz CT molecular complexity index is 470. The first-order valence-corrected chi connectivity index (χ1v) is 8.12. The lowest BCUT2D eigenvalue weighted by molar-refractivity contribution is -0.132. The maximum atomic E-state index is 12.5. The second-order valence-corrected chi connectivity index (χ2v) is 6.51. The van der Waals surface area contributed by atoms with Crippen molar-refractivity contribution in [1.29, 1.82) is 0 Å². The molecule has 0 saturated carbocycles. The maximum absolute atomic E-state index is 12.5. The van der Waals surface area contributed by atoms with Gasteiger partial charge in [-0.3, -0.25) is 4.79 Å². The highest BCUT2D eigenvalue weighted by molar-refractivity contribution is 5.79. The van der Waals surface area contributed by atoms with Gasteiger partial charge in [-0.25, -0.2) is 0 Å². The van der Waals surface area contributed by atoms with Gasteiger partial charge >= 0.3 is 0 Å². The van der Waals surface area contributed by atoms with Gasteiger partial charge in [0.2, 0.25) is 5.91 Å². The summed E-state index contributed by atoms with van der Waals surface area (Å²) in [5, 5.41) is 3.50. The van der Waals surface area contributed by atoms with Crippen molar-refractivity contribution in [3.05, 3.63) is 35.4 Å². The van der Waals surface area contributed by atoms with Gasteiger partial charge < -0.3 is 10.2 Å². The van der Waals surface area contributed by atoms with Crippen LogP contribution >= 0.6 is 0 Å². The van der Waals surface area contributed by atoms with E-state index in [-0.39, 0.29) is 5.91 Å². The summed E-state index contributed by atoms with van der Waals surface area (Å²) in [6, 6.07) is 8.70. The predicted molar refractivity (Wildman–Crippen MR) is 87.3 cm³/mol. The van der Waals surface area contributed by atoms with Crippen LogP contribution in [0.15, 0.2) is 24.3 Å². The van der Waals surface area contributed by atoms with Crippen LogP contribution in [-0.2, 0) is 11.2 Å². The summed E-state index contributed by atoms with van der Waals surface area (Å²) in [5.74, 6) is 0.875. The van der Waals surface area contributed by atoms with Crippen LogP contribution in [0.1, 0.15) is 37.8 Å². The van der Waals surface area contributed by atoms with Crippen molar-refractivity contribution < 1.29 is 4.79 Å². The summed E-state index contributed by atoms with van der Waals surface area (Å²) >= 11 is 0. The third-order valence-corrected chi connectivity index (χ3v) is 4.29. The third-order valence-electron chi connectivity index (χ3n) is 4.29. The summed E-state index contributed by atoms with van der Waals surface area (Å²) in [6.07, 6.45) is 2.90. The highest BCUT2D eigenvalue weighted by Crippen LogP contribution is 2.18. The van der Waals surface area contributed by atoms with E-state index >= 15 is 0 Å². The van der Waals surface area contributed by atoms with E-state index < -0.39 is 0 Å². The summed E-state index contributed by atoms with van der Waals surface area (Å²) in [7, 11) is 0. The molecule has 0 bridgehead atoms. The molecule has 0 radical (unpaired) electrons. The highest BCUT2D eigenvalue weighted by atomic mass is 16.2. The maximum Gasteiger partial charge on any atom is 0.227 e. The van der Waals surface area contributed by atoms with Crippen molar-refractivity contribution in [2.45, 2.75) is 46.1 Å². The lowest BCUT2D eigenvalue weighted by Crippen LogP contribution is -2.44. The fraction of sp³-hybridized carbons (Fsp3) is 0.611. The zero-order valence-electron chi connectivity index (χ0n) is 13.6. The van der Waals surface area contributed by atoms with E-state index in [1.807, 2.05) is 12.1 Å². The van der Waals surface area contributed by atoms with Crippen LogP contribution in [0.2, 0.25) is 0 Å². The number of piperidine rings is 1. The van der Waals surface area contributed by atoms with Crippen LogP contribution in [0.3, 0.4) is 0 Å². The van der Waals surface area contributed by atoms with Crippen molar-refractivity contribution in [3.8, 4) is 0 Å². The lowest BCUT2D eigenvalue weighted by Gasteiger charge is -2.33. The van der Waals surface area contributed by atoms with Gasteiger partial charge in [0.05, 0.1) is 6.42 Å². The summed E-state index contributed by atoms with van der Waals surface area (Å²) in [6.45, 7) is 9.27. The van der Waals surface area contributed by atoms with Gasteiger partial charge in [0.15, 0.2) is 0 Å². The van der Waals surface area contributed by atoms with Gasteiger partial charge in [0, 0.05) is 19.1 Å². The first-order chi connectivity index (χ1) is 10.1. The van der Waals surface area contributed by atoms with Crippen molar-refractivity contribution in [3.63, 3.8) is 0 Å². The molecule has 1 fully saturated rings. The van der Waals surface area contributed by atoms with Crippen LogP contribution < -0.4 is 5.32 Å². The number of carbonyl (C=O) groups is 1. The average molecular weight is 288 g/mol. The molecule has 1 atom stereocenters. The molecule has 1 aliphatic rings. The number of rotatable bonds is 5. The second kappa shape index (κ2) is 7.60. The normalized spacial score (nSPS) is 19.0. The molecule has 1 saturated heterocycles. The SMILES string of the molecule is Cc1ccccc1CC(=O)N1CCCC(CNC(C)C)C1. The predicted octanol–water partition coefficient (Wildman–Crippen LogP) is 2.77. The minimum Gasteiger partial charge on any atom is -0.342 e. The molecule has 0 spiro atoms. The molecule has 0 aliphatic carbocycles. The topological polar surface area (TPSA) is 32.3 Å². The Kier molecular flexibility index (Phi) is 5.80. The van der Waals surface area contributed by atoms with Crippen LogP contribution in [0.4, 0.5) is 0 Å². The number of aryl methyl sites for hydroxylation is 1. The Morgan fingerprint density at radius 3 is 2.86 bits per heavy atom. The van der Waals surface area contributed by atoms with E-state index in [0.717, 1.165) is 31.6 Å². The van der Waals surface area contributed by atoms with Gasteiger partial charge in [-0.2, -0.15) is 0 Å². The van der Waals surface area contributed by atoms with Crippen LogP contribution in [0.5, 0.6) is 0 Å². The number of hydrogen-bond donors (Lipinski definition) is 1. The van der Waals surface area contributed by atoms with Gasteiger partial charge in [-0.05, 0) is 43.4 Å². The van der Waals surface area contributed by atoms with Gasteiger partial charge in [0.1, 0.15) is 0 Å². The Morgan fingerprint density at radius 1 is 1.38 bits per heavy atom. The summed E-state index contributed by atoms with van der Waals surface area (Å²) < 4.78 is 0. The number of hydrogen-bond acceptors (Lipinski definition) is 2. The minimum absolute atomic E-state index is 0.276. The number of amides is 1. The Hall–Kier alpha value is -1.35. The van der Waals surface area contributed by atoms with Crippen LogP contribution in [0, 0.1) is 12.8 Å². The molecule has 3 nitrogen and oxygen atoms in total. The molecular weight excluding hydrogens is 260 g/mol. The minimum atomic E-state index is 0.276. The van der Waals surface area contributed by atoms with E-state index in [1.54, 1.807) is 0 Å². The fourth-order valence-corrected chi connectivity index (χ4v) is 2.94. The van der Waals surface area contributed by atoms with Crippen LogP contribution in [-0.4, -0.2) is 36.5 Å². The van der Waals surface area contributed by atoms with E-state index in [0.29, 0.717) is 18.4 Å². The monoisotopic (exact) mass is 288 g/mol. The number of nitrogens with one attached hydrogen (secondary N) is 1. The Morgan fingerprint density at radius 2 is 2.14 bits per heavy atom. The fourth-order valence-electron chi connectivity index (χ4n) is 2.94. The second-order valence-electron chi connectivity index (χ2n) is 6.51. The van der Waals surface area contributed by atoms with Crippen molar-refractivity contribution in [2.24, 2.45) is 5.92 Å². The molecule has 0 aromatic heterocycles. The van der Waals surface area contributed by atoms with Gasteiger partial charge in [0.25, 0.3) is 0 Å². The zero-order valence-corrected chi connectivity index (χ0v) is 13.6. The largest absolute Gasteiger partial charge is 0.342 e. The Balaban J connectivity index is 1.88. The molecule has 116 valence electrons. The molecule has 1 aromatic rings. The highest BCUT2D eigenvalue weighted by Gasteiger charge is 2.23.